The number of benzene rings is 2. The average Bonchev–Trinajstić information content (AvgIpc) is 3.02. The molecule has 1 aliphatic heterocycles. The molecule has 0 bridgehead atoms. The number of carbonyl (C=O) groups excluding carboxylic acids is 1. The number of sulfonamides is 1. The molecule has 7 nitrogen and oxygen atoms in total. The molecule has 0 aromatic heterocycles. The Morgan fingerprint density at radius 2 is 1.84 bits per heavy atom. The fourth-order valence-corrected chi connectivity index (χ4v) is 3.15. The largest absolute Gasteiger partial charge is 0.454 e. The number of ether oxygens (including phenoxy) is 2. The summed E-state index contributed by atoms with van der Waals surface area (Å²) >= 11 is 0. The standard InChI is InChI=1S/C17H18N2O5S/c1-25(21,22)19(11-17(20)18-14-5-3-2-4-6-14)10-13-7-8-15-16(9-13)24-12-23-15/h2-9H,10-12H2,1H3,(H,18,20). The lowest BCUT2D eigenvalue weighted by Crippen LogP contribution is -2.36. The van der Waals surface area contributed by atoms with Gasteiger partial charge in [-0.3, -0.25) is 4.79 Å². The van der Waals surface area contributed by atoms with Crippen molar-refractivity contribution >= 4 is 21.6 Å². The second kappa shape index (κ2) is 7.12. The molecule has 0 saturated carbocycles. The van der Waals surface area contributed by atoms with Gasteiger partial charge in [0.15, 0.2) is 11.5 Å². The molecular weight excluding hydrogens is 344 g/mol. The Bertz CT molecular complexity index is 868. The van der Waals surface area contributed by atoms with Crippen molar-refractivity contribution in [1.82, 2.24) is 4.31 Å². The first-order valence-electron chi connectivity index (χ1n) is 7.60. The van der Waals surface area contributed by atoms with E-state index in [-0.39, 0.29) is 19.9 Å². The van der Waals surface area contributed by atoms with Gasteiger partial charge in [0, 0.05) is 12.2 Å². The van der Waals surface area contributed by atoms with Crippen LogP contribution >= 0.6 is 0 Å². The van der Waals surface area contributed by atoms with Gasteiger partial charge < -0.3 is 14.8 Å². The third-order valence-electron chi connectivity index (χ3n) is 3.64. The number of hydrogen-bond acceptors (Lipinski definition) is 5. The number of hydrogen-bond donors (Lipinski definition) is 1. The molecule has 0 atom stereocenters. The van der Waals surface area contributed by atoms with Gasteiger partial charge in [-0.05, 0) is 29.8 Å². The summed E-state index contributed by atoms with van der Waals surface area (Å²) in [5, 5.41) is 2.68. The average molecular weight is 362 g/mol. The monoisotopic (exact) mass is 362 g/mol. The molecule has 25 heavy (non-hydrogen) atoms. The second-order valence-electron chi connectivity index (χ2n) is 5.63. The van der Waals surface area contributed by atoms with Crippen LogP contribution in [0.15, 0.2) is 48.5 Å². The lowest BCUT2D eigenvalue weighted by molar-refractivity contribution is -0.116. The van der Waals surface area contributed by atoms with Crippen LogP contribution in [-0.4, -0.2) is 38.2 Å². The number of anilines is 1. The van der Waals surface area contributed by atoms with Crippen molar-refractivity contribution in [3.05, 3.63) is 54.1 Å². The Morgan fingerprint density at radius 3 is 2.56 bits per heavy atom. The first-order valence-corrected chi connectivity index (χ1v) is 9.45. The molecule has 0 unspecified atom stereocenters. The van der Waals surface area contributed by atoms with Crippen LogP contribution < -0.4 is 14.8 Å². The molecule has 132 valence electrons. The third kappa shape index (κ3) is 4.49. The number of carbonyl (C=O) groups is 1. The van der Waals surface area contributed by atoms with Crippen molar-refractivity contribution < 1.29 is 22.7 Å². The summed E-state index contributed by atoms with van der Waals surface area (Å²) in [6, 6.07) is 14.1. The topological polar surface area (TPSA) is 84.9 Å². The van der Waals surface area contributed by atoms with Gasteiger partial charge in [0.1, 0.15) is 0 Å². The number of nitrogens with one attached hydrogen (secondary N) is 1. The van der Waals surface area contributed by atoms with E-state index in [1.165, 1.54) is 0 Å². The van der Waals surface area contributed by atoms with E-state index in [9.17, 15) is 13.2 Å². The first kappa shape index (κ1) is 17.2. The van der Waals surface area contributed by atoms with Crippen LogP contribution in [-0.2, 0) is 21.4 Å². The van der Waals surface area contributed by atoms with Crippen molar-refractivity contribution in [2.45, 2.75) is 6.54 Å². The lowest BCUT2D eigenvalue weighted by Gasteiger charge is -2.19. The molecule has 1 amide bonds. The Morgan fingerprint density at radius 1 is 1.12 bits per heavy atom. The summed E-state index contributed by atoms with van der Waals surface area (Å²) in [5.74, 6) is 0.786. The Kier molecular flexibility index (Phi) is 4.91. The summed E-state index contributed by atoms with van der Waals surface area (Å²) in [6.45, 7) is -0.0616. The molecule has 0 spiro atoms. The van der Waals surface area contributed by atoms with E-state index < -0.39 is 15.9 Å². The van der Waals surface area contributed by atoms with E-state index in [1.807, 2.05) is 6.07 Å². The number of amides is 1. The normalized spacial score (nSPS) is 13.0. The van der Waals surface area contributed by atoms with E-state index in [4.69, 9.17) is 9.47 Å². The molecule has 0 radical (unpaired) electrons. The fraction of sp³-hybridized carbons (Fsp3) is 0.235. The molecule has 0 aliphatic carbocycles. The second-order valence-corrected chi connectivity index (χ2v) is 7.62. The van der Waals surface area contributed by atoms with E-state index in [0.717, 1.165) is 10.6 Å². The minimum atomic E-state index is -3.56. The van der Waals surface area contributed by atoms with Gasteiger partial charge in [0.25, 0.3) is 0 Å². The van der Waals surface area contributed by atoms with E-state index in [1.54, 1.807) is 42.5 Å². The predicted octanol–water partition coefficient (Wildman–Crippen LogP) is 1.82. The van der Waals surface area contributed by atoms with Gasteiger partial charge in [-0.25, -0.2) is 8.42 Å². The Balaban J connectivity index is 1.71. The predicted molar refractivity (Wildman–Crippen MR) is 92.9 cm³/mol. The Labute approximate surface area is 146 Å². The number of rotatable bonds is 6. The fourth-order valence-electron chi connectivity index (χ4n) is 2.42. The summed E-state index contributed by atoms with van der Waals surface area (Å²) in [5.41, 5.74) is 1.33. The number of para-hydroxylation sites is 1. The van der Waals surface area contributed by atoms with Gasteiger partial charge in [0.2, 0.25) is 22.7 Å². The van der Waals surface area contributed by atoms with Crippen molar-refractivity contribution in [2.75, 3.05) is 24.9 Å². The maximum Gasteiger partial charge on any atom is 0.239 e. The maximum absolute atomic E-state index is 12.2. The van der Waals surface area contributed by atoms with Gasteiger partial charge in [-0.1, -0.05) is 24.3 Å². The smallest absolute Gasteiger partial charge is 0.239 e. The van der Waals surface area contributed by atoms with Gasteiger partial charge in [-0.15, -0.1) is 0 Å². The molecule has 1 heterocycles. The zero-order valence-corrected chi connectivity index (χ0v) is 14.5. The molecule has 0 saturated heterocycles. The Hall–Kier alpha value is -2.58. The van der Waals surface area contributed by atoms with E-state index in [0.29, 0.717) is 22.7 Å². The first-order chi connectivity index (χ1) is 11.9. The highest BCUT2D eigenvalue weighted by molar-refractivity contribution is 7.88. The van der Waals surface area contributed by atoms with Crippen LogP contribution in [0.2, 0.25) is 0 Å². The molecule has 2 aromatic rings. The van der Waals surface area contributed by atoms with Gasteiger partial charge in [-0.2, -0.15) is 4.31 Å². The van der Waals surface area contributed by atoms with Gasteiger partial charge in [0.05, 0.1) is 12.8 Å². The third-order valence-corrected chi connectivity index (χ3v) is 4.84. The number of fused-ring (bicyclic) bond motifs is 1. The van der Waals surface area contributed by atoms with Crippen LogP contribution in [0, 0.1) is 0 Å². The van der Waals surface area contributed by atoms with Crippen LogP contribution in [0.25, 0.3) is 0 Å². The molecule has 0 fully saturated rings. The molecular formula is C17H18N2O5S. The molecule has 8 heteroatoms. The van der Waals surface area contributed by atoms with Crippen LogP contribution in [0.1, 0.15) is 5.56 Å². The lowest BCUT2D eigenvalue weighted by atomic mass is 10.2. The summed E-state index contributed by atoms with van der Waals surface area (Å²) in [4.78, 5) is 12.2. The zero-order chi connectivity index (χ0) is 17.9. The SMILES string of the molecule is CS(=O)(=O)N(CC(=O)Nc1ccccc1)Cc1ccc2c(c1)OCO2. The van der Waals surface area contributed by atoms with Crippen LogP contribution in [0.3, 0.4) is 0 Å². The minimum absolute atomic E-state index is 0.0671. The molecule has 1 N–H and O–H groups in total. The summed E-state index contributed by atoms with van der Waals surface area (Å²) in [6.07, 6.45) is 1.08. The summed E-state index contributed by atoms with van der Waals surface area (Å²) in [7, 11) is -3.56. The molecule has 3 rings (SSSR count). The van der Waals surface area contributed by atoms with Crippen LogP contribution in [0.4, 0.5) is 5.69 Å². The highest BCUT2D eigenvalue weighted by atomic mass is 32.2. The van der Waals surface area contributed by atoms with Gasteiger partial charge >= 0.3 is 0 Å². The zero-order valence-electron chi connectivity index (χ0n) is 13.6. The van der Waals surface area contributed by atoms with E-state index >= 15 is 0 Å². The van der Waals surface area contributed by atoms with Crippen LogP contribution in [0.5, 0.6) is 11.5 Å². The molecule has 2 aromatic carbocycles. The van der Waals surface area contributed by atoms with Crippen molar-refractivity contribution in [1.29, 1.82) is 0 Å². The quantitative estimate of drug-likeness (QED) is 0.847. The van der Waals surface area contributed by atoms with Crippen molar-refractivity contribution in [2.24, 2.45) is 0 Å². The summed E-state index contributed by atoms with van der Waals surface area (Å²) < 4.78 is 35.7. The highest BCUT2D eigenvalue weighted by Gasteiger charge is 2.22. The molecule has 1 aliphatic rings. The minimum Gasteiger partial charge on any atom is -0.454 e. The van der Waals surface area contributed by atoms with Crippen molar-refractivity contribution in [3.8, 4) is 11.5 Å². The maximum atomic E-state index is 12.2. The number of nitrogens with zero attached hydrogens (tertiary/aromatic N) is 1. The van der Waals surface area contributed by atoms with Crippen molar-refractivity contribution in [3.63, 3.8) is 0 Å². The highest BCUT2D eigenvalue weighted by Crippen LogP contribution is 2.32. The van der Waals surface area contributed by atoms with E-state index in [2.05, 4.69) is 5.32 Å².